The van der Waals surface area contributed by atoms with E-state index < -0.39 is 33.7 Å². The Hall–Kier alpha value is -3.34. The van der Waals surface area contributed by atoms with Gasteiger partial charge in [0.25, 0.3) is 11.8 Å². The van der Waals surface area contributed by atoms with E-state index in [1.165, 1.54) is 6.07 Å². The summed E-state index contributed by atoms with van der Waals surface area (Å²) in [6.45, 7) is 3.73. The summed E-state index contributed by atoms with van der Waals surface area (Å²) in [5.41, 5.74) is 1.86. The molecule has 3 aromatic rings. The zero-order valence-electron chi connectivity index (χ0n) is 20.1. The number of benzene rings is 2. The molecule has 0 spiro atoms. The minimum absolute atomic E-state index is 0.136. The predicted molar refractivity (Wildman–Crippen MR) is 134 cm³/mol. The number of sulfonamides is 1. The molecule has 1 atom stereocenters. The zero-order valence-corrected chi connectivity index (χ0v) is 20.9. The van der Waals surface area contributed by atoms with Gasteiger partial charge in [-0.1, -0.05) is 0 Å². The van der Waals surface area contributed by atoms with E-state index in [0.29, 0.717) is 27.8 Å². The third kappa shape index (κ3) is 5.89. The van der Waals surface area contributed by atoms with Gasteiger partial charge in [-0.2, -0.15) is 0 Å². The molecule has 2 aromatic carbocycles. The number of amides is 1. The summed E-state index contributed by atoms with van der Waals surface area (Å²) in [5, 5.41) is 3.47. The average molecular weight is 521 g/mol. The highest BCUT2D eigenvalue weighted by Gasteiger charge is 2.34. The van der Waals surface area contributed by atoms with Crippen LogP contribution < -0.4 is 14.9 Å². The number of nitrogens with zero attached hydrogens (tertiary/aromatic N) is 2. The van der Waals surface area contributed by atoms with Gasteiger partial charge in [-0.15, -0.1) is 0 Å². The van der Waals surface area contributed by atoms with Crippen LogP contribution in [0.15, 0.2) is 42.5 Å². The second-order valence-corrected chi connectivity index (χ2v) is 10.9. The van der Waals surface area contributed by atoms with Gasteiger partial charge in [-0.25, -0.2) is 26.6 Å². The molecule has 4 rings (SSSR count). The summed E-state index contributed by atoms with van der Waals surface area (Å²) >= 11 is 0. The number of halogens is 3. The molecule has 1 saturated heterocycles. The smallest absolute Gasteiger partial charge is 0.251 e. The molecular formula is C25H27F3N4O3S. The second-order valence-electron chi connectivity index (χ2n) is 9.18. The van der Waals surface area contributed by atoms with Gasteiger partial charge in [-0.05, 0) is 61.9 Å². The molecule has 0 radical (unpaired) electrons. The maximum atomic E-state index is 14.7. The summed E-state index contributed by atoms with van der Waals surface area (Å²) in [7, 11) is -3.56. The summed E-state index contributed by atoms with van der Waals surface area (Å²) < 4.78 is 66.8. The Morgan fingerprint density at radius 3 is 2.47 bits per heavy atom. The number of aromatic nitrogens is 1. The van der Waals surface area contributed by atoms with E-state index in [4.69, 9.17) is 0 Å². The number of pyridine rings is 1. The van der Waals surface area contributed by atoms with E-state index in [9.17, 15) is 26.4 Å². The Morgan fingerprint density at radius 2 is 1.81 bits per heavy atom. The first-order valence-corrected chi connectivity index (χ1v) is 13.3. The van der Waals surface area contributed by atoms with Crippen molar-refractivity contribution in [2.45, 2.75) is 38.7 Å². The molecule has 36 heavy (non-hydrogen) atoms. The van der Waals surface area contributed by atoms with Crippen molar-refractivity contribution in [3.63, 3.8) is 0 Å². The van der Waals surface area contributed by atoms with E-state index in [1.807, 2.05) is 4.90 Å². The minimum atomic E-state index is -3.56. The molecule has 1 aliphatic rings. The van der Waals surface area contributed by atoms with Crippen LogP contribution in [-0.2, 0) is 10.0 Å². The quantitative estimate of drug-likeness (QED) is 0.488. The number of fused-ring (bicyclic) bond motifs is 1. The topological polar surface area (TPSA) is 91.4 Å². The average Bonchev–Trinajstić information content (AvgIpc) is 2.79. The first kappa shape index (κ1) is 25.7. The second kappa shape index (κ2) is 9.61. The molecule has 7 nitrogen and oxygen atoms in total. The number of anilines is 2. The third-order valence-electron chi connectivity index (χ3n) is 6.21. The molecule has 0 saturated carbocycles. The third-order valence-corrected chi connectivity index (χ3v) is 6.80. The fourth-order valence-corrected chi connectivity index (χ4v) is 4.82. The number of aryl methyl sites for hydroxylation is 1. The van der Waals surface area contributed by atoms with Crippen LogP contribution in [0.1, 0.15) is 47.3 Å². The summed E-state index contributed by atoms with van der Waals surface area (Å²) in [6.07, 6.45) is 0.567. The standard InChI is InChI=1S/C25H27F3N4O3S/c1-15-12-19(20(26)14-22(15)31-36(3,34)35)16(2)29-24(33)18-4-6-21-17(13-18)5-7-23(30-21)32-10-8-25(27,28)9-11-32/h4-7,12-14,16,31H,8-11H2,1-3H3,(H,29,33)/t16-/m1/s1. The molecule has 2 N–H and O–H groups in total. The maximum Gasteiger partial charge on any atom is 0.251 e. The summed E-state index contributed by atoms with van der Waals surface area (Å²) in [4.78, 5) is 19.3. The highest BCUT2D eigenvalue weighted by atomic mass is 32.2. The van der Waals surface area contributed by atoms with Crippen molar-refractivity contribution in [1.29, 1.82) is 0 Å². The fraction of sp³-hybridized carbons (Fsp3) is 0.360. The van der Waals surface area contributed by atoms with Crippen LogP contribution in [0, 0.1) is 12.7 Å². The van der Waals surface area contributed by atoms with E-state index in [-0.39, 0.29) is 37.2 Å². The van der Waals surface area contributed by atoms with Gasteiger partial charge in [-0.3, -0.25) is 9.52 Å². The maximum absolute atomic E-state index is 14.7. The largest absolute Gasteiger partial charge is 0.356 e. The van der Waals surface area contributed by atoms with Crippen LogP contribution in [-0.4, -0.2) is 44.6 Å². The molecule has 1 fully saturated rings. The number of carbonyl (C=O) groups excluding carboxylic acids is 1. The zero-order chi connectivity index (χ0) is 26.3. The Balaban J connectivity index is 1.48. The predicted octanol–water partition coefficient (Wildman–Crippen LogP) is 4.78. The molecule has 1 amide bonds. The van der Waals surface area contributed by atoms with E-state index >= 15 is 0 Å². The summed E-state index contributed by atoms with van der Waals surface area (Å²) in [6, 6.07) is 10.4. The fourth-order valence-electron chi connectivity index (χ4n) is 4.20. The van der Waals surface area contributed by atoms with Crippen LogP contribution in [0.25, 0.3) is 10.9 Å². The molecule has 0 aliphatic carbocycles. The normalized spacial score (nSPS) is 16.6. The van der Waals surface area contributed by atoms with Gasteiger partial charge in [0.2, 0.25) is 10.0 Å². The van der Waals surface area contributed by atoms with Crippen molar-refractivity contribution in [1.82, 2.24) is 10.3 Å². The molecular weight excluding hydrogens is 493 g/mol. The molecule has 2 heterocycles. The monoisotopic (exact) mass is 520 g/mol. The van der Waals surface area contributed by atoms with Crippen molar-refractivity contribution in [2.24, 2.45) is 0 Å². The lowest BCUT2D eigenvalue weighted by Gasteiger charge is -2.32. The van der Waals surface area contributed by atoms with Crippen molar-refractivity contribution in [3.8, 4) is 0 Å². The number of hydrogen-bond acceptors (Lipinski definition) is 5. The molecule has 1 aromatic heterocycles. The lowest BCUT2D eigenvalue weighted by Crippen LogP contribution is -2.39. The molecule has 192 valence electrons. The van der Waals surface area contributed by atoms with Gasteiger partial charge in [0.05, 0.1) is 23.5 Å². The Kier molecular flexibility index (Phi) is 6.87. The Labute approximate surface area is 207 Å². The number of piperidine rings is 1. The van der Waals surface area contributed by atoms with Crippen LogP contribution in [0.4, 0.5) is 24.7 Å². The van der Waals surface area contributed by atoms with Crippen LogP contribution >= 0.6 is 0 Å². The first-order valence-electron chi connectivity index (χ1n) is 11.4. The number of carbonyl (C=O) groups is 1. The van der Waals surface area contributed by atoms with Gasteiger partial charge in [0.15, 0.2) is 0 Å². The molecule has 1 aliphatic heterocycles. The highest BCUT2D eigenvalue weighted by Crippen LogP contribution is 2.31. The van der Waals surface area contributed by atoms with Crippen molar-refractivity contribution in [3.05, 3.63) is 65.0 Å². The van der Waals surface area contributed by atoms with Gasteiger partial charge in [0, 0.05) is 42.4 Å². The molecule has 0 bridgehead atoms. The van der Waals surface area contributed by atoms with E-state index in [0.717, 1.165) is 12.3 Å². The lowest BCUT2D eigenvalue weighted by molar-refractivity contribution is -0.0221. The molecule has 0 unspecified atom stereocenters. The van der Waals surface area contributed by atoms with Crippen LogP contribution in [0.3, 0.4) is 0 Å². The number of rotatable bonds is 6. The number of alkyl halides is 2. The number of nitrogens with one attached hydrogen (secondary N) is 2. The van der Waals surface area contributed by atoms with Crippen molar-refractivity contribution in [2.75, 3.05) is 29.0 Å². The van der Waals surface area contributed by atoms with Crippen molar-refractivity contribution >= 4 is 38.3 Å². The minimum Gasteiger partial charge on any atom is -0.356 e. The van der Waals surface area contributed by atoms with Gasteiger partial charge in [0.1, 0.15) is 11.6 Å². The SMILES string of the molecule is Cc1cc([C@@H](C)NC(=O)c2ccc3nc(N4CCC(F)(F)CC4)ccc3c2)c(F)cc1NS(C)(=O)=O. The summed E-state index contributed by atoms with van der Waals surface area (Å²) in [5.74, 6) is -3.08. The van der Waals surface area contributed by atoms with Gasteiger partial charge >= 0.3 is 0 Å². The number of hydrogen-bond donors (Lipinski definition) is 2. The van der Waals surface area contributed by atoms with Crippen LogP contribution in [0.5, 0.6) is 0 Å². The van der Waals surface area contributed by atoms with E-state index in [2.05, 4.69) is 15.0 Å². The Bertz CT molecular complexity index is 1420. The van der Waals surface area contributed by atoms with E-state index in [1.54, 1.807) is 44.2 Å². The van der Waals surface area contributed by atoms with Crippen molar-refractivity contribution < 1.29 is 26.4 Å². The lowest BCUT2D eigenvalue weighted by atomic mass is 10.0. The Morgan fingerprint density at radius 1 is 1.11 bits per heavy atom. The highest BCUT2D eigenvalue weighted by molar-refractivity contribution is 7.92. The molecule has 11 heteroatoms. The van der Waals surface area contributed by atoms with Gasteiger partial charge < -0.3 is 10.2 Å². The van der Waals surface area contributed by atoms with Crippen LogP contribution in [0.2, 0.25) is 0 Å². The first-order chi connectivity index (χ1) is 16.8.